The van der Waals surface area contributed by atoms with Crippen LogP contribution >= 0.6 is 0 Å². The number of carbonyl (C=O) groups is 2. The quantitative estimate of drug-likeness (QED) is 0.820. The highest BCUT2D eigenvalue weighted by Crippen LogP contribution is 2.28. The molecule has 0 bridgehead atoms. The van der Waals surface area contributed by atoms with E-state index in [1.165, 1.54) is 0 Å². The van der Waals surface area contributed by atoms with Crippen molar-refractivity contribution in [1.29, 1.82) is 0 Å². The Hall–Kier alpha value is -2.73. The Morgan fingerprint density at radius 1 is 1.04 bits per heavy atom. The molecule has 1 aromatic carbocycles. The summed E-state index contributed by atoms with van der Waals surface area (Å²) in [6.45, 7) is 5.01. The first kappa shape index (κ1) is 18.6. The molecule has 1 atom stereocenters. The molecule has 6 nitrogen and oxygen atoms in total. The SMILES string of the molecule is Cc1ccccc1N1CCN(C(=O)[C@@H](c2cccnc2)N2CCCC2)CC1=O. The average molecular weight is 378 g/mol. The van der Waals surface area contributed by atoms with Gasteiger partial charge in [0.2, 0.25) is 11.8 Å². The van der Waals surface area contributed by atoms with Crippen molar-refractivity contribution in [2.75, 3.05) is 37.6 Å². The predicted molar refractivity (Wildman–Crippen MR) is 108 cm³/mol. The Balaban J connectivity index is 1.53. The Labute approximate surface area is 165 Å². The molecule has 28 heavy (non-hydrogen) atoms. The molecule has 0 unspecified atom stereocenters. The van der Waals surface area contributed by atoms with E-state index in [4.69, 9.17) is 0 Å². The van der Waals surface area contributed by atoms with Gasteiger partial charge in [-0.3, -0.25) is 19.5 Å². The molecule has 0 spiro atoms. The molecular weight excluding hydrogens is 352 g/mol. The van der Waals surface area contributed by atoms with Crippen molar-refractivity contribution in [1.82, 2.24) is 14.8 Å². The highest BCUT2D eigenvalue weighted by molar-refractivity contribution is 5.99. The van der Waals surface area contributed by atoms with Crippen molar-refractivity contribution in [2.24, 2.45) is 0 Å². The van der Waals surface area contributed by atoms with Gasteiger partial charge in [0.1, 0.15) is 12.6 Å². The van der Waals surface area contributed by atoms with Crippen LogP contribution in [-0.2, 0) is 9.59 Å². The smallest absolute Gasteiger partial charge is 0.246 e. The first-order chi connectivity index (χ1) is 13.6. The summed E-state index contributed by atoms with van der Waals surface area (Å²) >= 11 is 0. The lowest BCUT2D eigenvalue weighted by Crippen LogP contribution is -2.55. The van der Waals surface area contributed by atoms with Crippen LogP contribution in [0.15, 0.2) is 48.8 Å². The highest BCUT2D eigenvalue weighted by Gasteiger charge is 2.36. The number of piperazine rings is 1. The van der Waals surface area contributed by atoms with Gasteiger partial charge in [0, 0.05) is 31.2 Å². The second-order valence-corrected chi connectivity index (χ2v) is 7.52. The van der Waals surface area contributed by atoms with Crippen molar-refractivity contribution in [3.05, 3.63) is 59.9 Å². The molecular formula is C22H26N4O2. The maximum atomic E-state index is 13.4. The first-order valence-corrected chi connectivity index (χ1v) is 9.94. The van der Waals surface area contributed by atoms with E-state index in [9.17, 15) is 9.59 Å². The number of amides is 2. The van der Waals surface area contributed by atoms with E-state index in [0.29, 0.717) is 13.1 Å². The van der Waals surface area contributed by atoms with Crippen molar-refractivity contribution >= 4 is 17.5 Å². The van der Waals surface area contributed by atoms with E-state index < -0.39 is 0 Å². The molecule has 2 saturated heterocycles. The molecule has 6 heteroatoms. The second-order valence-electron chi connectivity index (χ2n) is 7.52. The van der Waals surface area contributed by atoms with Crippen molar-refractivity contribution < 1.29 is 9.59 Å². The number of hydrogen-bond acceptors (Lipinski definition) is 4. The monoisotopic (exact) mass is 378 g/mol. The summed E-state index contributed by atoms with van der Waals surface area (Å²) < 4.78 is 0. The predicted octanol–water partition coefficient (Wildman–Crippen LogP) is 2.40. The highest BCUT2D eigenvalue weighted by atomic mass is 16.2. The van der Waals surface area contributed by atoms with Crippen LogP contribution < -0.4 is 4.90 Å². The fourth-order valence-electron chi connectivity index (χ4n) is 4.20. The number of pyridine rings is 1. The van der Waals surface area contributed by atoms with Gasteiger partial charge in [0.25, 0.3) is 0 Å². The number of para-hydroxylation sites is 1. The van der Waals surface area contributed by atoms with Gasteiger partial charge in [-0.25, -0.2) is 0 Å². The molecule has 2 aliphatic rings. The van der Waals surface area contributed by atoms with E-state index in [-0.39, 0.29) is 24.4 Å². The van der Waals surface area contributed by atoms with Gasteiger partial charge in [-0.1, -0.05) is 24.3 Å². The number of hydrogen-bond donors (Lipinski definition) is 0. The molecule has 0 aliphatic carbocycles. The molecule has 0 saturated carbocycles. The summed E-state index contributed by atoms with van der Waals surface area (Å²) in [5.74, 6) is -0.0204. The van der Waals surface area contributed by atoms with Crippen LogP contribution in [0, 0.1) is 6.92 Å². The van der Waals surface area contributed by atoms with Crippen molar-refractivity contribution in [2.45, 2.75) is 25.8 Å². The summed E-state index contributed by atoms with van der Waals surface area (Å²) in [5, 5.41) is 0. The maximum absolute atomic E-state index is 13.4. The van der Waals surface area contributed by atoms with Crippen LogP contribution in [0.2, 0.25) is 0 Å². The van der Waals surface area contributed by atoms with E-state index in [1.807, 2.05) is 43.3 Å². The lowest BCUT2D eigenvalue weighted by molar-refractivity contribution is -0.141. The van der Waals surface area contributed by atoms with Crippen LogP contribution in [0.25, 0.3) is 0 Å². The van der Waals surface area contributed by atoms with Crippen LogP contribution in [0.1, 0.15) is 30.0 Å². The molecule has 2 amide bonds. The van der Waals surface area contributed by atoms with Gasteiger partial charge < -0.3 is 9.80 Å². The zero-order valence-electron chi connectivity index (χ0n) is 16.3. The third kappa shape index (κ3) is 3.64. The minimum absolute atomic E-state index is 0.00711. The zero-order chi connectivity index (χ0) is 19.5. The number of nitrogens with zero attached hydrogens (tertiary/aromatic N) is 4. The molecule has 2 aliphatic heterocycles. The first-order valence-electron chi connectivity index (χ1n) is 9.94. The lowest BCUT2D eigenvalue weighted by Gasteiger charge is -2.38. The van der Waals surface area contributed by atoms with Crippen LogP contribution in [-0.4, -0.2) is 59.3 Å². The number of aryl methyl sites for hydroxylation is 1. The molecule has 2 fully saturated rings. The lowest BCUT2D eigenvalue weighted by atomic mass is 10.1. The Morgan fingerprint density at radius 2 is 1.82 bits per heavy atom. The minimum atomic E-state index is -0.353. The second kappa shape index (κ2) is 8.10. The van der Waals surface area contributed by atoms with E-state index in [0.717, 1.165) is 42.7 Å². The summed E-state index contributed by atoms with van der Waals surface area (Å²) in [6.07, 6.45) is 5.69. The largest absolute Gasteiger partial charge is 0.330 e. The number of anilines is 1. The molecule has 1 aromatic heterocycles. The fourth-order valence-corrected chi connectivity index (χ4v) is 4.20. The van der Waals surface area contributed by atoms with Gasteiger partial charge >= 0.3 is 0 Å². The van der Waals surface area contributed by atoms with E-state index in [2.05, 4.69) is 9.88 Å². The molecule has 4 rings (SSSR count). The zero-order valence-corrected chi connectivity index (χ0v) is 16.3. The number of rotatable bonds is 4. The van der Waals surface area contributed by atoms with Gasteiger partial charge in [0.15, 0.2) is 0 Å². The van der Waals surface area contributed by atoms with Gasteiger partial charge in [-0.05, 0) is 56.1 Å². The standard InChI is InChI=1S/C22H26N4O2/c1-17-7-2-3-9-19(17)26-14-13-25(16-20(26)27)22(28)21(24-11-4-5-12-24)18-8-6-10-23-15-18/h2-3,6-10,15,21H,4-5,11-14,16H2,1H3/t21-/m1/s1. The van der Waals surface area contributed by atoms with Crippen LogP contribution in [0.4, 0.5) is 5.69 Å². The Bertz CT molecular complexity index is 849. The van der Waals surface area contributed by atoms with Crippen LogP contribution in [0.3, 0.4) is 0 Å². The Morgan fingerprint density at radius 3 is 2.50 bits per heavy atom. The van der Waals surface area contributed by atoms with Gasteiger partial charge in [-0.2, -0.15) is 0 Å². The fraction of sp³-hybridized carbons (Fsp3) is 0.409. The summed E-state index contributed by atoms with van der Waals surface area (Å²) in [6, 6.07) is 11.4. The van der Waals surface area contributed by atoms with E-state index in [1.54, 1.807) is 22.2 Å². The summed E-state index contributed by atoms with van der Waals surface area (Å²) in [4.78, 5) is 36.2. The molecule has 3 heterocycles. The maximum Gasteiger partial charge on any atom is 0.246 e. The number of aromatic nitrogens is 1. The average Bonchev–Trinajstić information content (AvgIpc) is 3.24. The third-order valence-electron chi connectivity index (χ3n) is 5.68. The third-order valence-corrected chi connectivity index (χ3v) is 5.68. The van der Waals surface area contributed by atoms with Crippen molar-refractivity contribution in [3.63, 3.8) is 0 Å². The summed E-state index contributed by atoms with van der Waals surface area (Å²) in [7, 11) is 0. The van der Waals surface area contributed by atoms with Crippen molar-refractivity contribution in [3.8, 4) is 0 Å². The molecule has 0 N–H and O–H groups in total. The van der Waals surface area contributed by atoms with Gasteiger partial charge in [0.05, 0.1) is 0 Å². The minimum Gasteiger partial charge on any atom is -0.330 e. The summed E-state index contributed by atoms with van der Waals surface area (Å²) in [5.41, 5.74) is 2.91. The van der Waals surface area contributed by atoms with Gasteiger partial charge in [-0.15, -0.1) is 0 Å². The molecule has 146 valence electrons. The van der Waals surface area contributed by atoms with E-state index >= 15 is 0 Å². The molecule has 0 radical (unpaired) electrons. The van der Waals surface area contributed by atoms with Crippen LogP contribution in [0.5, 0.6) is 0 Å². The number of likely N-dealkylation sites (tertiary alicyclic amines) is 1. The number of benzene rings is 1. The Kier molecular flexibility index (Phi) is 5.39. The normalized spacial score (nSPS) is 19.1. The number of carbonyl (C=O) groups excluding carboxylic acids is 2. The topological polar surface area (TPSA) is 56.8 Å². The molecule has 2 aromatic rings.